The Morgan fingerprint density at radius 2 is 1.68 bits per heavy atom. The van der Waals surface area contributed by atoms with Crippen LogP contribution in [-0.2, 0) is 4.74 Å². The van der Waals surface area contributed by atoms with E-state index < -0.39 is 0 Å². The number of benzene rings is 1. The van der Waals surface area contributed by atoms with E-state index in [9.17, 15) is 4.79 Å². The largest absolute Gasteiger partial charge is 0.459 e. The molecule has 2 saturated heterocycles. The maximum Gasteiger partial charge on any atom is 0.289 e. The molecule has 0 radical (unpaired) electrons. The van der Waals surface area contributed by atoms with Crippen molar-refractivity contribution in [3.05, 3.63) is 67.0 Å². The summed E-state index contributed by atoms with van der Waals surface area (Å²) in [5, 5.41) is 0. The minimum Gasteiger partial charge on any atom is -0.459 e. The molecule has 174 valence electrons. The maximum atomic E-state index is 12.6. The van der Waals surface area contributed by atoms with E-state index in [4.69, 9.17) is 14.1 Å². The Morgan fingerprint density at radius 3 is 2.41 bits per heavy atom. The Morgan fingerprint density at radius 1 is 0.882 bits per heavy atom. The van der Waals surface area contributed by atoms with Crippen molar-refractivity contribution in [1.82, 2.24) is 19.3 Å². The lowest BCUT2D eigenvalue weighted by Gasteiger charge is -2.35. The number of fused-ring (bicyclic) bond motifs is 1. The van der Waals surface area contributed by atoms with Crippen LogP contribution in [0.1, 0.15) is 10.6 Å². The zero-order valence-corrected chi connectivity index (χ0v) is 18.8. The quantitative estimate of drug-likeness (QED) is 0.465. The van der Waals surface area contributed by atoms with Crippen LogP contribution in [0.4, 0.5) is 11.5 Å². The Balaban J connectivity index is 1.21. The number of imidazole rings is 1. The van der Waals surface area contributed by atoms with Gasteiger partial charge in [0, 0.05) is 62.9 Å². The van der Waals surface area contributed by atoms with E-state index in [1.54, 1.807) is 12.1 Å². The van der Waals surface area contributed by atoms with E-state index in [-0.39, 0.29) is 5.91 Å². The summed E-state index contributed by atoms with van der Waals surface area (Å²) in [6.45, 7) is 5.98. The van der Waals surface area contributed by atoms with Crippen LogP contribution in [0.2, 0.25) is 0 Å². The van der Waals surface area contributed by atoms with E-state index in [0.29, 0.717) is 31.9 Å². The topological polar surface area (TPSA) is 79.4 Å². The van der Waals surface area contributed by atoms with Crippen LogP contribution >= 0.6 is 0 Å². The number of aromatic nitrogens is 3. The number of nitrogens with zero attached hydrogens (tertiary/aromatic N) is 6. The fourth-order valence-corrected chi connectivity index (χ4v) is 4.68. The Kier molecular flexibility index (Phi) is 5.38. The van der Waals surface area contributed by atoms with Crippen molar-refractivity contribution in [3.8, 4) is 11.3 Å². The molecule has 2 aliphatic rings. The molecular weight excluding hydrogens is 432 g/mol. The zero-order valence-electron chi connectivity index (χ0n) is 18.8. The van der Waals surface area contributed by atoms with E-state index in [2.05, 4.69) is 43.4 Å². The van der Waals surface area contributed by atoms with Gasteiger partial charge in [-0.05, 0) is 24.3 Å². The Labute approximate surface area is 197 Å². The molecule has 1 aromatic carbocycles. The maximum absolute atomic E-state index is 12.6. The number of amides is 1. The molecule has 0 bridgehead atoms. The highest BCUT2D eigenvalue weighted by Gasteiger charge is 2.26. The summed E-state index contributed by atoms with van der Waals surface area (Å²) in [5.74, 6) is 1.15. The van der Waals surface area contributed by atoms with Crippen molar-refractivity contribution in [1.29, 1.82) is 0 Å². The summed E-state index contributed by atoms with van der Waals surface area (Å²) < 4.78 is 12.8. The molecule has 3 aromatic heterocycles. The van der Waals surface area contributed by atoms with Gasteiger partial charge in [-0.2, -0.15) is 0 Å². The molecule has 34 heavy (non-hydrogen) atoms. The smallest absolute Gasteiger partial charge is 0.289 e. The van der Waals surface area contributed by atoms with Crippen molar-refractivity contribution in [2.24, 2.45) is 0 Å². The molecule has 5 heterocycles. The molecule has 2 fully saturated rings. The van der Waals surface area contributed by atoms with Gasteiger partial charge in [-0.25, -0.2) is 9.97 Å². The van der Waals surface area contributed by atoms with Gasteiger partial charge in [0.25, 0.3) is 5.91 Å². The first-order chi connectivity index (χ1) is 16.8. The molecule has 9 heteroatoms. The van der Waals surface area contributed by atoms with Crippen LogP contribution in [0.3, 0.4) is 0 Å². The number of furan rings is 1. The SMILES string of the molecule is O=C(c1ccco1)N1CCN(c2ncc(-c3ccc(N4CCOCC4)cc3)n3ccnc23)CC1. The summed E-state index contributed by atoms with van der Waals surface area (Å²) in [4.78, 5) is 28.3. The summed E-state index contributed by atoms with van der Waals surface area (Å²) >= 11 is 0. The lowest BCUT2D eigenvalue weighted by Crippen LogP contribution is -2.49. The van der Waals surface area contributed by atoms with Crippen molar-refractivity contribution >= 4 is 23.1 Å². The second kappa shape index (κ2) is 8.83. The third kappa shape index (κ3) is 3.77. The molecular formula is C25H26N6O3. The van der Waals surface area contributed by atoms with E-state index in [0.717, 1.165) is 49.0 Å². The molecule has 2 aliphatic heterocycles. The molecule has 0 unspecified atom stereocenters. The second-order valence-electron chi connectivity index (χ2n) is 8.49. The van der Waals surface area contributed by atoms with Crippen LogP contribution in [0, 0.1) is 0 Å². The van der Waals surface area contributed by atoms with Gasteiger partial charge in [-0.3, -0.25) is 9.20 Å². The minimum absolute atomic E-state index is 0.0700. The van der Waals surface area contributed by atoms with Gasteiger partial charge in [0.1, 0.15) is 0 Å². The third-order valence-electron chi connectivity index (χ3n) is 6.55. The van der Waals surface area contributed by atoms with E-state index in [1.165, 1.54) is 12.0 Å². The molecule has 9 nitrogen and oxygen atoms in total. The summed E-state index contributed by atoms with van der Waals surface area (Å²) in [6.07, 6.45) is 7.22. The van der Waals surface area contributed by atoms with Gasteiger partial charge < -0.3 is 23.9 Å². The molecule has 0 atom stereocenters. The number of ether oxygens (including phenoxy) is 1. The number of piperazine rings is 1. The Hall–Kier alpha value is -3.85. The molecule has 0 saturated carbocycles. The van der Waals surface area contributed by atoms with Crippen molar-refractivity contribution in [2.45, 2.75) is 0 Å². The highest BCUT2D eigenvalue weighted by molar-refractivity contribution is 5.91. The first-order valence-electron chi connectivity index (χ1n) is 11.6. The fraction of sp³-hybridized carbons (Fsp3) is 0.320. The van der Waals surface area contributed by atoms with Gasteiger partial charge in [-0.15, -0.1) is 0 Å². The zero-order chi connectivity index (χ0) is 22.9. The van der Waals surface area contributed by atoms with Crippen LogP contribution in [0.15, 0.2) is 65.7 Å². The van der Waals surface area contributed by atoms with Gasteiger partial charge >= 0.3 is 0 Å². The standard InChI is InChI=1S/C25H26N6O3/c32-25(22-2-1-15-34-22)30-11-9-29(10-12-30)23-24-26-7-8-31(24)21(18-27-23)19-3-5-20(6-4-19)28-13-16-33-17-14-28/h1-8,15,18H,9-14,16-17H2. The first kappa shape index (κ1) is 20.7. The number of carbonyl (C=O) groups is 1. The first-order valence-corrected chi connectivity index (χ1v) is 11.6. The van der Waals surface area contributed by atoms with Gasteiger partial charge in [0.05, 0.1) is 31.4 Å². The number of anilines is 2. The number of carbonyl (C=O) groups excluding carboxylic acids is 1. The predicted molar refractivity (Wildman–Crippen MR) is 128 cm³/mol. The summed E-state index contributed by atoms with van der Waals surface area (Å²) in [5.41, 5.74) is 4.12. The average Bonchev–Trinajstić information content (AvgIpc) is 3.62. The third-order valence-corrected chi connectivity index (χ3v) is 6.55. The lowest BCUT2D eigenvalue weighted by molar-refractivity contribution is 0.0714. The van der Waals surface area contributed by atoms with Gasteiger partial charge in [0.15, 0.2) is 17.2 Å². The molecule has 1 amide bonds. The monoisotopic (exact) mass is 458 g/mol. The van der Waals surface area contributed by atoms with Crippen LogP contribution < -0.4 is 9.80 Å². The average molecular weight is 459 g/mol. The normalized spacial score (nSPS) is 16.9. The van der Waals surface area contributed by atoms with E-state index in [1.807, 2.05) is 23.5 Å². The second-order valence-corrected chi connectivity index (χ2v) is 8.49. The van der Waals surface area contributed by atoms with Crippen molar-refractivity contribution < 1.29 is 13.9 Å². The molecule has 6 rings (SSSR count). The number of hydrogen-bond acceptors (Lipinski definition) is 7. The van der Waals surface area contributed by atoms with Crippen molar-refractivity contribution in [2.75, 3.05) is 62.3 Å². The van der Waals surface area contributed by atoms with Crippen molar-refractivity contribution in [3.63, 3.8) is 0 Å². The molecule has 0 N–H and O–H groups in total. The van der Waals surface area contributed by atoms with Gasteiger partial charge in [-0.1, -0.05) is 12.1 Å². The van der Waals surface area contributed by atoms with E-state index >= 15 is 0 Å². The van der Waals surface area contributed by atoms with Gasteiger partial charge in [0.2, 0.25) is 0 Å². The summed E-state index contributed by atoms with van der Waals surface area (Å²) in [7, 11) is 0. The highest BCUT2D eigenvalue weighted by atomic mass is 16.5. The fourth-order valence-electron chi connectivity index (χ4n) is 4.68. The Bertz CT molecular complexity index is 1270. The molecule has 4 aromatic rings. The number of rotatable bonds is 4. The molecule has 0 aliphatic carbocycles. The predicted octanol–water partition coefficient (Wildman–Crippen LogP) is 2.79. The minimum atomic E-state index is -0.0700. The van der Waals surface area contributed by atoms with Crippen LogP contribution in [0.5, 0.6) is 0 Å². The number of hydrogen-bond donors (Lipinski definition) is 0. The summed E-state index contributed by atoms with van der Waals surface area (Å²) in [6, 6.07) is 12.0. The highest BCUT2D eigenvalue weighted by Crippen LogP contribution is 2.28. The van der Waals surface area contributed by atoms with Crippen LogP contribution in [-0.4, -0.2) is 77.7 Å². The molecule has 0 spiro atoms. The van der Waals surface area contributed by atoms with Crippen LogP contribution in [0.25, 0.3) is 16.9 Å². The number of morpholine rings is 1. The lowest BCUT2D eigenvalue weighted by atomic mass is 10.1.